The van der Waals surface area contributed by atoms with Crippen LogP contribution in [-0.4, -0.2) is 23.9 Å². The zero-order valence-electron chi connectivity index (χ0n) is 16.8. The van der Waals surface area contributed by atoms with E-state index in [1.165, 1.54) is 4.88 Å². The van der Waals surface area contributed by atoms with E-state index in [1.54, 1.807) is 36.8 Å². The molecule has 7 nitrogen and oxygen atoms in total. The Kier molecular flexibility index (Phi) is 7.02. The molecule has 0 aliphatic carbocycles. The molecule has 3 aromatic rings. The minimum absolute atomic E-state index is 0.137. The Hall–Kier alpha value is -3.13. The molecule has 0 aliphatic rings. The van der Waals surface area contributed by atoms with Crippen molar-refractivity contribution in [2.45, 2.75) is 33.5 Å². The number of benzene rings is 1. The van der Waals surface area contributed by atoms with Gasteiger partial charge in [-0.25, -0.2) is 4.98 Å². The lowest BCUT2D eigenvalue weighted by atomic mass is 10.1. The number of carbonyl (C=O) groups is 1. The van der Waals surface area contributed by atoms with E-state index in [4.69, 9.17) is 4.42 Å². The summed E-state index contributed by atoms with van der Waals surface area (Å²) in [5, 5.41) is 10.5. The van der Waals surface area contributed by atoms with E-state index in [9.17, 15) is 4.79 Å². The molecule has 1 amide bonds. The number of aromatic nitrogens is 1. The highest BCUT2D eigenvalue weighted by molar-refractivity contribution is 7.11. The lowest BCUT2D eigenvalue weighted by Gasteiger charge is -2.12. The van der Waals surface area contributed by atoms with Gasteiger partial charge in [0.25, 0.3) is 5.91 Å². The molecule has 0 aliphatic heterocycles. The van der Waals surface area contributed by atoms with Crippen LogP contribution in [0.1, 0.15) is 37.3 Å². The first kappa shape index (κ1) is 20.6. The van der Waals surface area contributed by atoms with Crippen molar-refractivity contribution in [2.24, 2.45) is 4.99 Å². The highest BCUT2D eigenvalue weighted by atomic mass is 32.1. The van der Waals surface area contributed by atoms with E-state index in [1.807, 2.05) is 38.1 Å². The van der Waals surface area contributed by atoms with Crippen molar-refractivity contribution < 1.29 is 9.21 Å². The molecule has 152 valence electrons. The normalized spacial score (nSPS) is 11.3. The quantitative estimate of drug-likeness (QED) is 0.410. The molecule has 0 radical (unpaired) electrons. The highest BCUT2D eigenvalue weighted by Gasteiger charge is 2.08. The first-order valence-electron chi connectivity index (χ1n) is 9.32. The lowest BCUT2D eigenvalue weighted by Crippen LogP contribution is -2.36. The zero-order chi connectivity index (χ0) is 20.6. The molecular weight excluding hydrogens is 386 g/mol. The van der Waals surface area contributed by atoms with Gasteiger partial charge in [0.15, 0.2) is 5.96 Å². The summed E-state index contributed by atoms with van der Waals surface area (Å²) in [6, 6.07) is 11.1. The summed E-state index contributed by atoms with van der Waals surface area (Å²) in [5.41, 5.74) is 2.64. The Morgan fingerprint density at radius 2 is 1.93 bits per heavy atom. The van der Waals surface area contributed by atoms with Crippen LogP contribution in [0, 0.1) is 13.8 Å². The van der Waals surface area contributed by atoms with E-state index >= 15 is 0 Å². The number of rotatable bonds is 7. The molecule has 0 atom stereocenters. The van der Waals surface area contributed by atoms with Crippen LogP contribution in [0.2, 0.25) is 0 Å². The Morgan fingerprint density at radius 3 is 2.62 bits per heavy atom. The summed E-state index contributed by atoms with van der Waals surface area (Å²) in [6.45, 7) is 5.61. The molecular formula is C21H25N5O2S. The molecule has 3 N–H and O–H groups in total. The third-order valence-corrected chi connectivity index (χ3v) is 5.36. The van der Waals surface area contributed by atoms with Gasteiger partial charge in [0.2, 0.25) is 0 Å². The van der Waals surface area contributed by atoms with Crippen molar-refractivity contribution in [1.82, 2.24) is 20.9 Å². The molecule has 0 fully saturated rings. The van der Waals surface area contributed by atoms with Gasteiger partial charge in [-0.1, -0.05) is 12.1 Å². The van der Waals surface area contributed by atoms with Gasteiger partial charge in [-0.2, -0.15) is 0 Å². The molecule has 2 aromatic heterocycles. The standard InChI is InChI=1S/C21H25N5O2S/c1-14-19(29-15(2)26-14)13-25-21(22-3)24-11-16-6-4-7-17(10-16)20(27)23-12-18-8-5-9-28-18/h4-10H,11-13H2,1-3H3,(H,23,27)(H2,22,24,25). The number of thiazole rings is 1. The molecule has 0 bridgehead atoms. The maximum absolute atomic E-state index is 12.4. The number of carbonyl (C=O) groups excluding carboxylic acids is 1. The largest absolute Gasteiger partial charge is 0.467 e. The molecule has 29 heavy (non-hydrogen) atoms. The topological polar surface area (TPSA) is 91.5 Å². The first-order valence-corrected chi connectivity index (χ1v) is 10.1. The fourth-order valence-corrected chi connectivity index (χ4v) is 3.69. The fourth-order valence-electron chi connectivity index (χ4n) is 2.81. The van der Waals surface area contributed by atoms with Gasteiger partial charge >= 0.3 is 0 Å². The van der Waals surface area contributed by atoms with Gasteiger partial charge in [-0.3, -0.25) is 9.79 Å². The average molecular weight is 412 g/mol. The maximum Gasteiger partial charge on any atom is 0.251 e. The predicted octanol–water partition coefficient (Wildman–Crippen LogP) is 3.15. The van der Waals surface area contributed by atoms with Crippen molar-refractivity contribution >= 4 is 23.2 Å². The summed E-state index contributed by atoms with van der Waals surface area (Å²) >= 11 is 1.68. The van der Waals surface area contributed by atoms with Gasteiger partial charge in [-0.15, -0.1) is 11.3 Å². The number of aryl methyl sites for hydroxylation is 2. The molecule has 3 rings (SSSR count). The van der Waals surface area contributed by atoms with Gasteiger partial charge < -0.3 is 20.4 Å². The van der Waals surface area contributed by atoms with E-state index in [-0.39, 0.29) is 5.91 Å². The first-order chi connectivity index (χ1) is 14.0. The predicted molar refractivity (Wildman–Crippen MR) is 115 cm³/mol. The van der Waals surface area contributed by atoms with Crippen LogP contribution in [0.4, 0.5) is 0 Å². The second kappa shape index (κ2) is 9.88. The van der Waals surface area contributed by atoms with Crippen LogP contribution in [0.15, 0.2) is 52.1 Å². The van der Waals surface area contributed by atoms with Gasteiger partial charge in [-0.05, 0) is 43.7 Å². The Morgan fingerprint density at radius 1 is 1.10 bits per heavy atom. The van der Waals surface area contributed by atoms with E-state index in [2.05, 4.69) is 25.9 Å². The minimum Gasteiger partial charge on any atom is -0.467 e. The summed E-state index contributed by atoms with van der Waals surface area (Å²) < 4.78 is 5.24. The molecule has 1 aromatic carbocycles. The summed E-state index contributed by atoms with van der Waals surface area (Å²) in [7, 11) is 1.73. The molecule has 2 heterocycles. The Labute approximate surface area is 174 Å². The monoisotopic (exact) mass is 411 g/mol. The van der Waals surface area contributed by atoms with Crippen LogP contribution in [0.25, 0.3) is 0 Å². The van der Waals surface area contributed by atoms with Crippen LogP contribution in [-0.2, 0) is 19.6 Å². The summed E-state index contributed by atoms with van der Waals surface area (Å²) in [4.78, 5) is 22.3. The lowest BCUT2D eigenvalue weighted by molar-refractivity contribution is 0.0948. The fraction of sp³-hybridized carbons (Fsp3) is 0.286. The maximum atomic E-state index is 12.4. The number of amides is 1. The number of nitrogens with zero attached hydrogens (tertiary/aromatic N) is 2. The van der Waals surface area contributed by atoms with E-state index in [0.29, 0.717) is 31.2 Å². The van der Waals surface area contributed by atoms with Crippen molar-refractivity contribution in [3.8, 4) is 0 Å². The van der Waals surface area contributed by atoms with Gasteiger partial charge in [0, 0.05) is 24.0 Å². The van der Waals surface area contributed by atoms with Crippen LogP contribution < -0.4 is 16.0 Å². The van der Waals surface area contributed by atoms with E-state index in [0.717, 1.165) is 22.0 Å². The number of hydrogen-bond donors (Lipinski definition) is 3. The van der Waals surface area contributed by atoms with Crippen molar-refractivity contribution in [3.63, 3.8) is 0 Å². The Balaban J connectivity index is 1.52. The summed E-state index contributed by atoms with van der Waals surface area (Å²) in [6.07, 6.45) is 1.59. The van der Waals surface area contributed by atoms with Crippen molar-refractivity contribution in [3.05, 3.63) is 75.1 Å². The van der Waals surface area contributed by atoms with E-state index < -0.39 is 0 Å². The van der Waals surface area contributed by atoms with Crippen molar-refractivity contribution in [2.75, 3.05) is 7.05 Å². The average Bonchev–Trinajstić information content (AvgIpc) is 3.35. The van der Waals surface area contributed by atoms with Gasteiger partial charge in [0.05, 0.1) is 30.1 Å². The molecule has 0 saturated carbocycles. The smallest absolute Gasteiger partial charge is 0.251 e. The second-order valence-corrected chi connectivity index (χ2v) is 7.77. The SMILES string of the molecule is CN=C(NCc1cccc(C(=O)NCc2ccco2)c1)NCc1sc(C)nc1C. The number of nitrogens with one attached hydrogen (secondary N) is 3. The van der Waals surface area contributed by atoms with Crippen molar-refractivity contribution in [1.29, 1.82) is 0 Å². The van der Waals surface area contributed by atoms with Gasteiger partial charge in [0.1, 0.15) is 5.76 Å². The van der Waals surface area contributed by atoms with Crippen LogP contribution in [0.3, 0.4) is 0 Å². The molecule has 0 saturated heterocycles. The Bertz CT molecular complexity index is 979. The third-order valence-electron chi connectivity index (χ3n) is 4.29. The minimum atomic E-state index is -0.137. The second-order valence-electron chi connectivity index (χ2n) is 6.48. The molecule has 8 heteroatoms. The zero-order valence-corrected chi connectivity index (χ0v) is 17.6. The van der Waals surface area contributed by atoms with Crippen LogP contribution in [0.5, 0.6) is 0 Å². The third kappa shape index (κ3) is 5.92. The number of aliphatic imine (C=N–C) groups is 1. The number of guanidine groups is 1. The summed E-state index contributed by atoms with van der Waals surface area (Å²) in [5.74, 6) is 1.28. The highest BCUT2D eigenvalue weighted by Crippen LogP contribution is 2.16. The molecule has 0 unspecified atom stereocenters. The number of furan rings is 1. The molecule has 0 spiro atoms. The van der Waals surface area contributed by atoms with Crippen LogP contribution >= 0.6 is 11.3 Å². The number of hydrogen-bond acceptors (Lipinski definition) is 5.